The normalized spacial score (nSPS) is 10.2. The Morgan fingerprint density at radius 2 is 2.14 bits per heavy atom. The Morgan fingerprint density at radius 1 is 1.38 bits per heavy atom. The van der Waals surface area contributed by atoms with Gasteiger partial charge in [0.15, 0.2) is 6.61 Å². The molecule has 0 atom stereocenters. The summed E-state index contributed by atoms with van der Waals surface area (Å²) >= 11 is 0. The van der Waals surface area contributed by atoms with E-state index in [1.54, 1.807) is 7.11 Å². The Kier molecular flexibility index (Phi) is 7.13. The first-order valence-corrected chi connectivity index (χ1v) is 6.23. The second-order valence-electron chi connectivity index (χ2n) is 4.12. The fourth-order valence-electron chi connectivity index (χ4n) is 1.54. The predicted molar refractivity (Wildman–Crippen MR) is 73.2 cm³/mol. The summed E-state index contributed by atoms with van der Waals surface area (Å²) < 4.78 is 23.4. The van der Waals surface area contributed by atoms with Gasteiger partial charge in [0.1, 0.15) is 11.6 Å². The second kappa shape index (κ2) is 8.88. The quantitative estimate of drug-likeness (QED) is 0.592. The highest BCUT2D eigenvalue weighted by molar-refractivity contribution is 5.94. The summed E-state index contributed by atoms with van der Waals surface area (Å²) in [7, 11) is 1.58. The Morgan fingerprint density at radius 3 is 2.81 bits per heavy atom. The van der Waals surface area contributed by atoms with Crippen molar-refractivity contribution in [1.29, 1.82) is 0 Å². The third-order valence-electron chi connectivity index (χ3n) is 2.44. The van der Waals surface area contributed by atoms with Crippen LogP contribution < -0.4 is 21.1 Å². The van der Waals surface area contributed by atoms with E-state index in [2.05, 4.69) is 5.32 Å². The number of carbonyl (C=O) groups excluding carboxylic acids is 2. The van der Waals surface area contributed by atoms with Gasteiger partial charge in [0, 0.05) is 25.8 Å². The Hall–Kier alpha value is -2.19. The van der Waals surface area contributed by atoms with Gasteiger partial charge in [-0.15, -0.1) is 0 Å². The van der Waals surface area contributed by atoms with Crippen molar-refractivity contribution in [3.8, 4) is 5.75 Å². The van der Waals surface area contributed by atoms with Crippen molar-refractivity contribution in [3.05, 3.63) is 29.6 Å². The number of amides is 3. The lowest BCUT2D eigenvalue weighted by Crippen LogP contribution is -2.38. The maximum Gasteiger partial charge on any atom is 0.318 e. The van der Waals surface area contributed by atoms with Crippen LogP contribution in [0.5, 0.6) is 5.75 Å². The van der Waals surface area contributed by atoms with Gasteiger partial charge in [-0.3, -0.25) is 10.1 Å². The Labute approximate surface area is 121 Å². The minimum absolute atomic E-state index is 0.348. The predicted octanol–water partition coefficient (Wildman–Crippen LogP) is 0.135. The minimum atomic E-state index is -0.954. The van der Waals surface area contributed by atoms with Crippen molar-refractivity contribution < 1.29 is 23.5 Å². The molecule has 0 aliphatic heterocycles. The lowest BCUT2D eigenvalue weighted by atomic mass is 10.2. The van der Waals surface area contributed by atoms with Gasteiger partial charge in [-0.1, -0.05) is 0 Å². The first-order chi connectivity index (χ1) is 10.0. The second-order valence-corrected chi connectivity index (χ2v) is 4.12. The molecule has 1 aromatic carbocycles. The van der Waals surface area contributed by atoms with Crippen molar-refractivity contribution in [3.63, 3.8) is 0 Å². The average molecular weight is 299 g/mol. The number of hydrogen-bond donors (Lipinski definition) is 3. The van der Waals surface area contributed by atoms with Crippen LogP contribution in [0, 0.1) is 5.82 Å². The zero-order valence-electron chi connectivity index (χ0n) is 11.6. The summed E-state index contributed by atoms with van der Waals surface area (Å²) in [6.45, 7) is 1.08. The van der Waals surface area contributed by atoms with Crippen LogP contribution in [0.1, 0.15) is 5.56 Å². The number of hydrogen-bond acceptors (Lipinski definition) is 5. The van der Waals surface area contributed by atoms with Gasteiger partial charge >= 0.3 is 6.03 Å². The molecule has 8 heteroatoms. The van der Waals surface area contributed by atoms with E-state index in [0.29, 0.717) is 31.0 Å². The van der Waals surface area contributed by atoms with Crippen molar-refractivity contribution >= 4 is 11.9 Å². The zero-order valence-corrected chi connectivity index (χ0v) is 11.6. The molecule has 0 saturated carbocycles. The summed E-state index contributed by atoms with van der Waals surface area (Å²) in [4.78, 5) is 21.8. The van der Waals surface area contributed by atoms with Crippen LogP contribution in [0.2, 0.25) is 0 Å². The lowest BCUT2D eigenvalue weighted by Gasteiger charge is -2.12. The maximum absolute atomic E-state index is 13.2. The van der Waals surface area contributed by atoms with E-state index in [-0.39, 0.29) is 6.61 Å². The van der Waals surface area contributed by atoms with E-state index in [4.69, 9.17) is 15.2 Å². The van der Waals surface area contributed by atoms with E-state index in [9.17, 15) is 14.0 Å². The minimum Gasteiger partial charge on any atom is -0.483 e. The first-order valence-electron chi connectivity index (χ1n) is 6.23. The van der Waals surface area contributed by atoms with Gasteiger partial charge in [-0.05, 0) is 18.2 Å². The molecule has 21 heavy (non-hydrogen) atoms. The number of methoxy groups -OCH3 is 1. The summed E-state index contributed by atoms with van der Waals surface area (Å²) in [5.74, 6) is -0.737. The van der Waals surface area contributed by atoms with Crippen LogP contribution in [0.25, 0.3) is 0 Å². The van der Waals surface area contributed by atoms with Crippen LogP contribution in [-0.4, -0.2) is 38.8 Å². The molecular formula is C13H18FN3O4. The number of halogens is 1. The molecule has 0 fully saturated rings. The number of nitrogens with one attached hydrogen (secondary N) is 2. The average Bonchev–Trinajstić information content (AvgIpc) is 2.42. The van der Waals surface area contributed by atoms with Crippen LogP contribution in [0.3, 0.4) is 0 Å². The molecule has 0 bridgehead atoms. The van der Waals surface area contributed by atoms with Crippen LogP contribution in [-0.2, 0) is 16.1 Å². The van der Waals surface area contributed by atoms with E-state index < -0.39 is 17.8 Å². The molecule has 0 aromatic heterocycles. The topological polar surface area (TPSA) is 103 Å². The van der Waals surface area contributed by atoms with Gasteiger partial charge < -0.3 is 20.5 Å². The number of ether oxygens (including phenoxy) is 2. The lowest BCUT2D eigenvalue weighted by molar-refractivity contribution is -0.121. The number of benzene rings is 1. The van der Waals surface area contributed by atoms with Gasteiger partial charge in [-0.25, -0.2) is 9.18 Å². The molecule has 0 saturated heterocycles. The molecule has 116 valence electrons. The zero-order chi connectivity index (χ0) is 15.7. The monoisotopic (exact) mass is 299 g/mol. The molecular weight excluding hydrogens is 281 g/mol. The highest BCUT2D eigenvalue weighted by atomic mass is 19.1. The standard InChI is InChI=1S/C13H18FN3O4/c1-20-5-4-16-7-9-6-10(14)2-3-11(9)21-8-12(18)17-13(15)19/h2-3,6,16H,4-5,7-8H2,1H3,(H3,15,17,18,19). The highest BCUT2D eigenvalue weighted by Crippen LogP contribution is 2.19. The Bertz CT molecular complexity index is 496. The van der Waals surface area contributed by atoms with Crippen molar-refractivity contribution in [2.24, 2.45) is 5.73 Å². The maximum atomic E-state index is 13.2. The molecule has 0 heterocycles. The number of urea groups is 1. The molecule has 4 N–H and O–H groups in total. The van der Waals surface area contributed by atoms with Crippen molar-refractivity contribution in [2.45, 2.75) is 6.54 Å². The van der Waals surface area contributed by atoms with E-state index >= 15 is 0 Å². The van der Waals surface area contributed by atoms with Gasteiger partial charge in [-0.2, -0.15) is 0 Å². The summed E-state index contributed by atoms with van der Waals surface area (Å²) in [6, 6.07) is 2.99. The molecule has 0 unspecified atom stereocenters. The Balaban J connectivity index is 2.59. The number of nitrogens with two attached hydrogens (primary N) is 1. The number of primary amides is 1. The highest BCUT2D eigenvalue weighted by Gasteiger charge is 2.09. The molecule has 1 aromatic rings. The van der Waals surface area contributed by atoms with E-state index in [1.807, 2.05) is 5.32 Å². The molecule has 1 rings (SSSR count). The third kappa shape index (κ3) is 6.68. The van der Waals surface area contributed by atoms with E-state index in [1.165, 1.54) is 18.2 Å². The van der Waals surface area contributed by atoms with Gasteiger partial charge in [0.2, 0.25) is 0 Å². The smallest absolute Gasteiger partial charge is 0.318 e. The summed E-state index contributed by atoms with van der Waals surface area (Å²) in [5.41, 5.74) is 5.36. The molecule has 0 radical (unpaired) electrons. The number of carbonyl (C=O) groups is 2. The largest absolute Gasteiger partial charge is 0.483 e. The van der Waals surface area contributed by atoms with Crippen molar-refractivity contribution in [1.82, 2.24) is 10.6 Å². The fraction of sp³-hybridized carbons (Fsp3) is 0.385. The molecule has 0 aliphatic rings. The first kappa shape index (κ1) is 16.9. The van der Waals surface area contributed by atoms with Gasteiger partial charge in [0.05, 0.1) is 6.61 Å². The molecule has 3 amide bonds. The SMILES string of the molecule is COCCNCc1cc(F)ccc1OCC(=O)NC(N)=O. The van der Waals surface area contributed by atoms with E-state index in [0.717, 1.165) is 0 Å². The van der Waals surface area contributed by atoms with Crippen LogP contribution >= 0.6 is 0 Å². The fourth-order valence-corrected chi connectivity index (χ4v) is 1.54. The third-order valence-corrected chi connectivity index (χ3v) is 2.44. The summed E-state index contributed by atoms with van der Waals surface area (Å²) in [6.07, 6.45) is 0. The summed E-state index contributed by atoms with van der Waals surface area (Å²) in [5, 5.41) is 4.92. The van der Waals surface area contributed by atoms with Crippen molar-refractivity contribution in [2.75, 3.05) is 26.9 Å². The van der Waals surface area contributed by atoms with Crippen LogP contribution in [0.15, 0.2) is 18.2 Å². The van der Waals surface area contributed by atoms with Crippen LogP contribution in [0.4, 0.5) is 9.18 Å². The number of imide groups is 1. The van der Waals surface area contributed by atoms with Gasteiger partial charge in [0.25, 0.3) is 5.91 Å². The molecule has 0 spiro atoms. The molecule has 0 aliphatic carbocycles. The molecule has 7 nitrogen and oxygen atoms in total. The number of rotatable bonds is 8.